The number of rotatable bonds is 3. The molecular weight excluding hydrogens is 298 g/mol. The molecule has 0 aliphatic heterocycles. The maximum Gasteiger partial charge on any atom is 0.276 e. The lowest BCUT2D eigenvalue weighted by Gasteiger charge is -2.05. The molecule has 0 saturated carbocycles. The molecule has 1 aromatic carbocycles. The van der Waals surface area contributed by atoms with Crippen LogP contribution in [0.25, 0.3) is 11.3 Å². The molecular formula is C15H11N5O3. The number of carbonyl (C=O) groups is 1. The maximum atomic E-state index is 12.0. The van der Waals surface area contributed by atoms with Crippen molar-refractivity contribution in [1.29, 1.82) is 0 Å². The number of aromatic nitrogens is 4. The van der Waals surface area contributed by atoms with Gasteiger partial charge in [0.05, 0.1) is 5.69 Å². The number of benzene rings is 1. The van der Waals surface area contributed by atoms with Crippen molar-refractivity contribution >= 4 is 11.6 Å². The van der Waals surface area contributed by atoms with Gasteiger partial charge in [0.15, 0.2) is 0 Å². The lowest BCUT2D eigenvalue weighted by molar-refractivity contribution is 0.102. The van der Waals surface area contributed by atoms with Gasteiger partial charge in [0.25, 0.3) is 17.0 Å². The minimum absolute atomic E-state index is 0.107. The van der Waals surface area contributed by atoms with Gasteiger partial charge in [0.1, 0.15) is 5.69 Å². The fraction of sp³-hybridized carbons (Fsp3) is 0. The van der Waals surface area contributed by atoms with Crippen molar-refractivity contribution in [2.45, 2.75) is 0 Å². The molecule has 0 aliphatic rings. The molecule has 3 rings (SSSR count). The number of hydrogen-bond acceptors (Lipinski definition) is 5. The highest BCUT2D eigenvalue weighted by Gasteiger charge is 2.08. The quantitative estimate of drug-likeness (QED) is 0.660. The van der Waals surface area contributed by atoms with E-state index in [1.54, 1.807) is 30.3 Å². The summed E-state index contributed by atoms with van der Waals surface area (Å²) in [6.45, 7) is 0. The topological polar surface area (TPSA) is 121 Å². The standard InChI is InChI=1S/C15H11N5O3/c21-13-7-5-11(17-19-13)9-1-3-10(4-2-9)16-15(23)12-6-8-14(22)20-18-12/h1-8H,(H,16,23)(H,19,21)(H,20,22). The van der Waals surface area contributed by atoms with Crippen molar-refractivity contribution in [3.05, 3.63) is 74.9 Å². The van der Waals surface area contributed by atoms with Crippen LogP contribution in [0.1, 0.15) is 10.5 Å². The van der Waals surface area contributed by atoms with Crippen molar-refractivity contribution in [3.8, 4) is 11.3 Å². The highest BCUT2D eigenvalue weighted by atomic mass is 16.2. The van der Waals surface area contributed by atoms with Gasteiger partial charge in [0.2, 0.25) is 0 Å². The lowest BCUT2D eigenvalue weighted by Crippen LogP contribution is -2.17. The third-order valence-electron chi connectivity index (χ3n) is 3.03. The summed E-state index contributed by atoms with van der Waals surface area (Å²) >= 11 is 0. The second-order valence-corrected chi connectivity index (χ2v) is 4.64. The molecule has 2 heterocycles. The van der Waals surface area contributed by atoms with Gasteiger partial charge in [-0.3, -0.25) is 14.4 Å². The van der Waals surface area contributed by atoms with Gasteiger partial charge in [-0.2, -0.15) is 10.2 Å². The largest absolute Gasteiger partial charge is 0.321 e. The summed E-state index contributed by atoms with van der Waals surface area (Å²) in [5.41, 5.74) is 1.43. The number of nitrogens with one attached hydrogen (secondary N) is 3. The van der Waals surface area contributed by atoms with Crippen LogP contribution in [-0.4, -0.2) is 26.3 Å². The van der Waals surface area contributed by atoms with E-state index in [1.807, 2.05) is 0 Å². The van der Waals surface area contributed by atoms with E-state index in [0.29, 0.717) is 11.4 Å². The first kappa shape index (κ1) is 14.4. The molecule has 0 radical (unpaired) electrons. The van der Waals surface area contributed by atoms with E-state index in [1.165, 1.54) is 18.2 Å². The number of hydrogen-bond donors (Lipinski definition) is 3. The zero-order chi connectivity index (χ0) is 16.2. The fourth-order valence-electron chi connectivity index (χ4n) is 1.90. The van der Waals surface area contributed by atoms with Crippen LogP contribution in [0, 0.1) is 0 Å². The van der Waals surface area contributed by atoms with Crippen LogP contribution in [0.5, 0.6) is 0 Å². The zero-order valence-corrected chi connectivity index (χ0v) is 11.7. The third-order valence-corrected chi connectivity index (χ3v) is 3.03. The number of carbonyl (C=O) groups excluding carboxylic acids is 1. The molecule has 0 aliphatic carbocycles. The zero-order valence-electron chi connectivity index (χ0n) is 11.7. The van der Waals surface area contributed by atoms with Crippen molar-refractivity contribution in [2.24, 2.45) is 0 Å². The Morgan fingerprint density at radius 3 is 2.04 bits per heavy atom. The van der Waals surface area contributed by atoms with Crippen molar-refractivity contribution in [2.75, 3.05) is 5.32 Å². The fourth-order valence-corrected chi connectivity index (χ4v) is 1.90. The van der Waals surface area contributed by atoms with Gasteiger partial charge in [-0.1, -0.05) is 12.1 Å². The summed E-state index contributed by atoms with van der Waals surface area (Å²) in [6, 6.07) is 12.5. The average Bonchev–Trinajstić information content (AvgIpc) is 2.57. The number of anilines is 1. The van der Waals surface area contributed by atoms with Gasteiger partial charge in [0, 0.05) is 23.4 Å². The summed E-state index contributed by atoms with van der Waals surface area (Å²) in [5.74, 6) is -0.434. The highest BCUT2D eigenvalue weighted by molar-refractivity contribution is 6.02. The Balaban J connectivity index is 1.75. The molecule has 0 bridgehead atoms. The smallest absolute Gasteiger partial charge is 0.276 e. The highest BCUT2D eigenvalue weighted by Crippen LogP contribution is 2.18. The number of nitrogens with zero attached hydrogens (tertiary/aromatic N) is 2. The van der Waals surface area contributed by atoms with Gasteiger partial charge in [-0.05, 0) is 24.3 Å². The molecule has 0 fully saturated rings. The SMILES string of the molecule is O=C(Nc1ccc(-c2ccc(=O)[nH]n2)cc1)c1ccc(=O)[nH]n1. The van der Waals surface area contributed by atoms with Crippen molar-refractivity contribution < 1.29 is 4.79 Å². The van der Waals surface area contributed by atoms with Crippen LogP contribution in [0.2, 0.25) is 0 Å². The van der Waals surface area contributed by atoms with E-state index in [4.69, 9.17) is 0 Å². The molecule has 0 spiro atoms. The van der Waals surface area contributed by atoms with Crippen LogP contribution < -0.4 is 16.4 Å². The molecule has 114 valence electrons. The number of aromatic amines is 2. The third kappa shape index (κ3) is 3.38. The molecule has 23 heavy (non-hydrogen) atoms. The van der Waals surface area contributed by atoms with E-state index in [2.05, 4.69) is 25.7 Å². The lowest BCUT2D eigenvalue weighted by atomic mass is 10.1. The molecule has 1 amide bonds. The average molecular weight is 309 g/mol. The predicted octanol–water partition coefficient (Wildman–Crippen LogP) is 0.772. The Hall–Kier alpha value is -3.55. The van der Waals surface area contributed by atoms with E-state index in [0.717, 1.165) is 5.56 Å². The first-order chi connectivity index (χ1) is 11.1. The summed E-state index contributed by atoms with van der Waals surface area (Å²) < 4.78 is 0. The Morgan fingerprint density at radius 1 is 0.826 bits per heavy atom. The number of H-pyrrole nitrogens is 2. The van der Waals surface area contributed by atoms with E-state index >= 15 is 0 Å². The van der Waals surface area contributed by atoms with Gasteiger partial charge >= 0.3 is 0 Å². The van der Waals surface area contributed by atoms with Crippen LogP contribution in [0.4, 0.5) is 5.69 Å². The second kappa shape index (κ2) is 6.06. The summed E-state index contributed by atoms with van der Waals surface area (Å²) in [7, 11) is 0. The molecule has 3 N–H and O–H groups in total. The van der Waals surface area contributed by atoms with Gasteiger partial charge < -0.3 is 5.32 Å². The molecule has 8 heteroatoms. The molecule has 0 atom stereocenters. The summed E-state index contributed by atoms with van der Waals surface area (Å²) in [6.07, 6.45) is 0. The Morgan fingerprint density at radius 2 is 1.48 bits per heavy atom. The number of amides is 1. The first-order valence-corrected chi connectivity index (χ1v) is 6.65. The molecule has 2 aromatic heterocycles. The molecule has 3 aromatic rings. The van der Waals surface area contributed by atoms with Crippen LogP contribution >= 0.6 is 0 Å². The van der Waals surface area contributed by atoms with E-state index in [9.17, 15) is 14.4 Å². The summed E-state index contributed by atoms with van der Waals surface area (Å²) in [4.78, 5) is 33.9. The second-order valence-electron chi connectivity index (χ2n) is 4.64. The predicted molar refractivity (Wildman–Crippen MR) is 83.1 cm³/mol. The Labute approximate surface area is 129 Å². The molecule has 8 nitrogen and oxygen atoms in total. The van der Waals surface area contributed by atoms with Crippen LogP contribution in [0.3, 0.4) is 0 Å². The maximum absolute atomic E-state index is 12.0. The first-order valence-electron chi connectivity index (χ1n) is 6.65. The molecule has 0 unspecified atom stereocenters. The minimum atomic E-state index is -0.434. The van der Waals surface area contributed by atoms with Gasteiger partial charge in [-0.15, -0.1) is 0 Å². The minimum Gasteiger partial charge on any atom is -0.321 e. The Bertz CT molecular complexity index is 919. The monoisotopic (exact) mass is 309 g/mol. The van der Waals surface area contributed by atoms with Crippen molar-refractivity contribution in [3.63, 3.8) is 0 Å². The normalized spacial score (nSPS) is 10.3. The Kier molecular flexibility index (Phi) is 3.79. The van der Waals surface area contributed by atoms with Gasteiger partial charge in [-0.25, -0.2) is 10.2 Å². The van der Waals surface area contributed by atoms with E-state index in [-0.39, 0.29) is 16.8 Å². The molecule has 0 saturated heterocycles. The van der Waals surface area contributed by atoms with Crippen molar-refractivity contribution in [1.82, 2.24) is 20.4 Å². The van der Waals surface area contributed by atoms with Crippen LogP contribution in [-0.2, 0) is 0 Å². The van der Waals surface area contributed by atoms with E-state index < -0.39 is 5.91 Å². The van der Waals surface area contributed by atoms with Crippen LogP contribution in [0.15, 0.2) is 58.1 Å². The summed E-state index contributed by atoms with van der Waals surface area (Å²) in [5, 5.41) is 14.8.